The summed E-state index contributed by atoms with van der Waals surface area (Å²) in [6, 6.07) is 5.49. The quantitative estimate of drug-likeness (QED) is 0.534. The van der Waals surface area contributed by atoms with Gasteiger partial charge in [-0.25, -0.2) is 14.3 Å². The van der Waals surface area contributed by atoms with E-state index in [-0.39, 0.29) is 22.7 Å². The maximum Gasteiger partial charge on any atom is 0.325 e. The number of hydrogen-bond donors (Lipinski definition) is 2. The van der Waals surface area contributed by atoms with Crippen molar-refractivity contribution < 1.29 is 13.5 Å². The molecule has 0 saturated heterocycles. The van der Waals surface area contributed by atoms with Gasteiger partial charge >= 0.3 is 11.6 Å². The number of nitrogens with zero attached hydrogens (tertiary/aromatic N) is 4. The van der Waals surface area contributed by atoms with Crippen LogP contribution in [-0.2, 0) is 5.92 Å². The summed E-state index contributed by atoms with van der Waals surface area (Å²) >= 11 is 0. The summed E-state index contributed by atoms with van der Waals surface area (Å²) in [5.74, 6) is -3.35. The molecule has 0 unspecified atom stereocenters. The molecule has 0 amide bonds. The normalized spacial score (nSPS) is 11.6. The Hall–Kier alpha value is -3.89. The van der Waals surface area contributed by atoms with Gasteiger partial charge in [-0.3, -0.25) is 14.8 Å². The number of halogens is 2. The van der Waals surface area contributed by atoms with Gasteiger partial charge in [-0.05, 0) is 12.1 Å². The van der Waals surface area contributed by atoms with Gasteiger partial charge < -0.3 is 9.72 Å². The number of aromatic nitrogens is 6. The molecule has 4 aromatic heterocycles. The Morgan fingerprint density at radius 2 is 2.04 bits per heavy atom. The van der Waals surface area contributed by atoms with E-state index in [1.165, 1.54) is 53.6 Å². The van der Waals surface area contributed by atoms with Crippen molar-refractivity contribution in [1.82, 2.24) is 29.5 Å². The van der Waals surface area contributed by atoms with Crippen LogP contribution in [0.4, 0.5) is 8.78 Å². The topological polar surface area (TPSA) is 118 Å². The zero-order valence-electron chi connectivity index (χ0n) is 14.1. The van der Waals surface area contributed by atoms with Crippen LogP contribution >= 0.6 is 0 Å². The van der Waals surface area contributed by atoms with E-state index < -0.39 is 29.5 Å². The van der Waals surface area contributed by atoms with Gasteiger partial charge in [0.25, 0.3) is 5.56 Å². The minimum absolute atomic E-state index is 0.00351. The van der Waals surface area contributed by atoms with E-state index in [1.807, 2.05) is 0 Å². The lowest BCUT2D eigenvalue weighted by molar-refractivity contribution is -0.0502. The van der Waals surface area contributed by atoms with Gasteiger partial charge in [-0.2, -0.15) is 13.9 Å². The Morgan fingerprint density at radius 3 is 2.79 bits per heavy atom. The Kier molecular flexibility index (Phi) is 4.18. The Bertz CT molecular complexity index is 1250. The fourth-order valence-electron chi connectivity index (χ4n) is 2.55. The summed E-state index contributed by atoms with van der Waals surface area (Å²) in [4.78, 5) is 35.3. The van der Waals surface area contributed by atoms with E-state index in [0.29, 0.717) is 0 Å². The predicted octanol–water partition coefficient (Wildman–Crippen LogP) is 1.34. The van der Waals surface area contributed by atoms with Crippen LogP contribution in [-0.4, -0.2) is 36.2 Å². The molecular weight excluding hydrogens is 374 g/mol. The maximum atomic E-state index is 14.4. The largest absolute Gasteiger partial charge is 0.483 e. The monoisotopic (exact) mass is 386 g/mol. The molecule has 0 fully saturated rings. The van der Waals surface area contributed by atoms with Crippen molar-refractivity contribution in [2.45, 2.75) is 5.92 Å². The van der Waals surface area contributed by atoms with Gasteiger partial charge in [-0.1, -0.05) is 6.07 Å². The number of ether oxygens (including phenoxy) is 1. The van der Waals surface area contributed by atoms with E-state index in [0.717, 1.165) is 0 Å². The molecule has 0 aliphatic carbocycles. The highest BCUT2D eigenvalue weighted by Crippen LogP contribution is 2.29. The molecule has 142 valence electrons. The summed E-state index contributed by atoms with van der Waals surface area (Å²) in [5.41, 5.74) is -1.44. The summed E-state index contributed by atoms with van der Waals surface area (Å²) in [6.07, 6.45) is 5.33. The van der Waals surface area contributed by atoms with E-state index in [2.05, 4.69) is 25.0 Å². The fourth-order valence-corrected chi connectivity index (χ4v) is 2.55. The van der Waals surface area contributed by atoms with Crippen LogP contribution in [0.5, 0.6) is 5.75 Å². The van der Waals surface area contributed by atoms with Crippen LogP contribution in [0.2, 0.25) is 0 Å². The number of hydrogen-bond acceptors (Lipinski definition) is 6. The van der Waals surface area contributed by atoms with Crippen LogP contribution in [0.15, 0.2) is 58.6 Å². The minimum atomic E-state index is -3.34. The van der Waals surface area contributed by atoms with Crippen LogP contribution < -0.4 is 16.0 Å². The molecule has 0 bridgehead atoms. The van der Waals surface area contributed by atoms with Gasteiger partial charge in [-0.15, -0.1) is 0 Å². The summed E-state index contributed by atoms with van der Waals surface area (Å²) in [6.45, 7) is -0.988. The summed E-state index contributed by atoms with van der Waals surface area (Å²) < 4.78 is 35.4. The smallest absolute Gasteiger partial charge is 0.325 e. The molecule has 4 aromatic rings. The maximum absolute atomic E-state index is 14.4. The molecule has 0 spiro atoms. The molecule has 0 aliphatic rings. The molecule has 0 atom stereocenters. The number of fused-ring (bicyclic) bond motifs is 1. The molecule has 0 radical (unpaired) electrons. The van der Waals surface area contributed by atoms with Gasteiger partial charge in [0.15, 0.2) is 18.0 Å². The highest BCUT2D eigenvalue weighted by Gasteiger charge is 2.34. The van der Waals surface area contributed by atoms with Crippen molar-refractivity contribution in [3.63, 3.8) is 0 Å². The molecule has 0 aliphatic heterocycles. The molecule has 11 heteroatoms. The molecule has 4 rings (SSSR count). The minimum Gasteiger partial charge on any atom is -0.483 e. The van der Waals surface area contributed by atoms with Gasteiger partial charge in [0.05, 0.1) is 5.56 Å². The van der Waals surface area contributed by atoms with Gasteiger partial charge in [0, 0.05) is 30.9 Å². The number of rotatable bonds is 5. The third-order valence-electron chi connectivity index (χ3n) is 3.87. The molecule has 0 saturated carbocycles. The SMILES string of the molecule is O=c1[nH]cc(-c2cc(OCC(F)(F)c3ccccn3)c3nccn3n2)c(=O)[nH]1. The lowest BCUT2D eigenvalue weighted by Crippen LogP contribution is -2.25. The molecule has 0 aromatic carbocycles. The highest BCUT2D eigenvalue weighted by molar-refractivity contribution is 5.64. The second-order valence-corrected chi connectivity index (χ2v) is 5.78. The van der Waals surface area contributed by atoms with E-state index in [1.54, 1.807) is 0 Å². The van der Waals surface area contributed by atoms with Crippen LogP contribution in [0.25, 0.3) is 16.9 Å². The number of alkyl halides is 2. The number of nitrogens with one attached hydrogen (secondary N) is 2. The van der Waals surface area contributed by atoms with Crippen molar-refractivity contribution in [3.8, 4) is 17.0 Å². The van der Waals surface area contributed by atoms with Crippen molar-refractivity contribution in [1.29, 1.82) is 0 Å². The number of H-pyrrole nitrogens is 2. The fraction of sp³-hybridized carbons (Fsp3) is 0.118. The first-order valence-electron chi connectivity index (χ1n) is 8.03. The van der Waals surface area contributed by atoms with Gasteiger partial charge in [0.1, 0.15) is 11.4 Å². The van der Waals surface area contributed by atoms with Crippen molar-refractivity contribution in [2.75, 3.05) is 6.61 Å². The first-order valence-corrected chi connectivity index (χ1v) is 8.03. The van der Waals surface area contributed by atoms with E-state index in [9.17, 15) is 18.4 Å². The zero-order valence-corrected chi connectivity index (χ0v) is 14.1. The number of imidazole rings is 1. The first kappa shape index (κ1) is 17.5. The van der Waals surface area contributed by atoms with Gasteiger partial charge in [0.2, 0.25) is 0 Å². The second kappa shape index (κ2) is 6.68. The number of pyridine rings is 1. The third kappa shape index (κ3) is 3.24. The number of aromatic amines is 2. The molecule has 4 heterocycles. The second-order valence-electron chi connectivity index (χ2n) is 5.78. The standard InChI is InChI=1S/C17H12F2N6O3/c18-17(19,13-3-1-2-4-20-13)9-28-12-7-11(24-25-6-5-21-14(12)25)10-8-22-16(27)23-15(10)26/h1-8H,9H2,(H2,22,23,26,27). The van der Waals surface area contributed by atoms with Crippen LogP contribution in [0.3, 0.4) is 0 Å². The lowest BCUT2D eigenvalue weighted by atomic mass is 10.2. The molecule has 28 heavy (non-hydrogen) atoms. The first-order chi connectivity index (χ1) is 13.4. The van der Waals surface area contributed by atoms with Crippen molar-refractivity contribution in [2.24, 2.45) is 0 Å². The van der Waals surface area contributed by atoms with Crippen molar-refractivity contribution >= 4 is 5.65 Å². The zero-order chi connectivity index (χ0) is 19.7. The van der Waals surface area contributed by atoms with Crippen LogP contribution in [0, 0.1) is 0 Å². The Balaban J connectivity index is 1.72. The highest BCUT2D eigenvalue weighted by atomic mass is 19.3. The van der Waals surface area contributed by atoms with Crippen molar-refractivity contribution in [3.05, 3.63) is 75.6 Å². The Morgan fingerprint density at radius 1 is 1.18 bits per heavy atom. The average Bonchev–Trinajstić information content (AvgIpc) is 3.15. The predicted molar refractivity (Wildman–Crippen MR) is 93.3 cm³/mol. The molecule has 2 N–H and O–H groups in total. The molecular formula is C17H12F2N6O3. The van der Waals surface area contributed by atoms with E-state index in [4.69, 9.17) is 4.74 Å². The summed E-state index contributed by atoms with van der Waals surface area (Å²) in [7, 11) is 0. The van der Waals surface area contributed by atoms with E-state index >= 15 is 0 Å². The molecule has 9 nitrogen and oxygen atoms in total. The average molecular weight is 386 g/mol. The van der Waals surface area contributed by atoms with Crippen LogP contribution in [0.1, 0.15) is 5.69 Å². The summed E-state index contributed by atoms with van der Waals surface area (Å²) in [5, 5.41) is 4.19. The Labute approximate surface area is 154 Å². The third-order valence-corrected chi connectivity index (χ3v) is 3.87. The lowest BCUT2D eigenvalue weighted by Gasteiger charge is -2.17.